The minimum absolute atomic E-state index is 0.00685. The van der Waals surface area contributed by atoms with E-state index in [2.05, 4.69) is 20.3 Å². The third-order valence-corrected chi connectivity index (χ3v) is 6.00. The van der Waals surface area contributed by atoms with E-state index in [1.54, 1.807) is 30.9 Å². The van der Waals surface area contributed by atoms with Crippen LogP contribution in [0.3, 0.4) is 0 Å². The van der Waals surface area contributed by atoms with Crippen LogP contribution in [0.1, 0.15) is 40.4 Å². The number of hydrogen-bond acceptors (Lipinski definition) is 7. The summed E-state index contributed by atoms with van der Waals surface area (Å²) in [7, 11) is 0. The van der Waals surface area contributed by atoms with Crippen LogP contribution < -0.4 is 10.1 Å². The lowest BCUT2D eigenvalue weighted by Gasteiger charge is -2.32. The first-order valence-electron chi connectivity index (χ1n) is 11.6. The molecule has 35 heavy (non-hydrogen) atoms. The van der Waals surface area contributed by atoms with Gasteiger partial charge >= 0.3 is 0 Å². The lowest BCUT2D eigenvalue weighted by atomic mass is 9.94. The highest BCUT2D eigenvalue weighted by Gasteiger charge is 2.27. The molecule has 1 aliphatic rings. The van der Waals surface area contributed by atoms with Gasteiger partial charge in [0.1, 0.15) is 5.75 Å². The quantitative estimate of drug-likeness (QED) is 0.421. The van der Waals surface area contributed by atoms with Gasteiger partial charge in [-0.2, -0.15) is 0 Å². The van der Waals surface area contributed by atoms with Crippen molar-refractivity contribution in [1.29, 1.82) is 0 Å². The van der Waals surface area contributed by atoms with Gasteiger partial charge < -0.3 is 15.0 Å². The molecule has 0 spiro atoms. The van der Waals surface area contributed by atoms with E-state index >= 15 is 0 Å². The number of anilines is 2. The van der Waals surface area contributed by atoms with Crippen LogP contribution in [-0.2, 0) is 0 Å². The van der Waals surface area contributed by atoms with Gasteiger partial charge in [0.25, 0.3) is 5.91 Å². The van der Waals surface area contributed by atoms with Gasteiger partial charge in [0.2, 0.25) is 11.8 Å². The van der Waals surface area contributed by atoms with Gasteiger partial charge in [0.15, 0.2) is 0 Å². The van der Waals surface area contributed by atoms with Gasteiger partial charge in [0.05, 0.1) is 11.9 Å². The second-order valence-corrected chi connectivity index (χ2v) is 8.52. The molecule has 8 nitrogen and oxygen atoms in total. The van der Waals surface area contributed by atoms with Crippen molar-refractivity contribution in [2.24, 2.45) is 0 Å². The summed E-state index contributed by atoms with van der Waals surface area (Å²) in [6.45, 7) is 3.29. The Balaban J connectivity index is 1.28. The Morgan fingerprint density at radius 2 is 1.91 bits per heavy atom. The number of hydrogen-bond donors (Lipinski definition) is 1. The first-order chi connectivity index (χ1) is 17.2. The molecule has 2 aromatic carbocycles. The van der Waals surface area contributed by atoms with E-state index in [-0.39, 0.29) is 11.8 Å². The zero-order chi connectivity index (χ0) is 24.0. The van der Waals surface area contributed by atoms with Crippen molar-refractivity contribution in [2.75, 3.05) is 18.4 Å². The number of rotatable bonds is 6. The fraction of sp³-hybridized carbons (Fsp3) is 0.222. The van der Waals surface area contributed by atoms with Crippen molar-refractivity contribution in [3.63, 3.8) is 0 Å². The molecule has 4 aromatic rings. The van der Waals surface area contributed by atoms with Crippen LogP contribution in [0.2, 0.25) is 0 Å². The van der Waals surface area contributed by atoms with Crippen LogP contribution in [0.4, 0.5) is 11.6 Å². The molecule has 1 aliphatic heterocycles. The maximum atomic E-state index is 13.3. The first kappa shape index (κ1) is 22.5. The summed E-state index contributed by atoms with van der Waals surface area (Å²) in [5.74, 6) is 1.80. The van der Waals surface area contributed by atoms with Gasteiger partial charge in [-0.3, -0.25) is 9.78 Å². The summed E-state index contributed by atoms with van der Waals surface area (Å²) in [6, 6.07) is 17.0. The van der Waals surface area contributed by atoms with Crippen LogP contribution in [0.15, 0.2) is 79.4 Å². The topological polar surface area (TPSA) is 93.1 Å². The second-order valence-electron chi connectivity index (χ2n) is 8.52. The Hall–Kier alpha value is -4.33. The molecule has 1 atom stereocenters. The number of carbonyl (C=O) groups is 1. The van der Waals surface area contributed by atoms with E-state index in [4.69, 9.17) is 9.72 Å². The van der Waals surface area contributed by atoms with Gasteiger partial charge in [-0.15, -0.1) is 0 Å². The number of nitrogens with one attached hydrogen (secondary N) is 1. The molecule has 176 valence electrons. The van der Waals surface area contributed by atoms with E-state index in [0.717, 1.165) is 35.5 Å². The van der Waals surface area contributed by atoms with Crippen molar-refractivity contribution in [2.45, 2.75) is 25.7 Å². The molecule has 0 radical (unpaired) electrons. The molecule has 0 saturated carbocycles. The van der Waals surface area contributed by atoms with Crippen LogP contribution >= 0.6 is 0 Å². The number of aromatic nitrogens is 4. The summed E-state index contributed by atoms with van der Waals surface area (Å²) in [6.07, 6.45) is 8.57. The number of para-hydroxylation sites is 1. The zero-order valence-corrected chi connectivity index (χ0v) is 19.5. The maximum absolute atomic E-state index is 13.3. The molecule has 0 aliphatic carbocycles. The maximum Gasteiger partial charge on any atom is 0.253 e. The molecule has 8 heteroatoms. The highest BCUT2D eigenvalue weighted by molar-refractivity contribution is 5.95. The highest BCUT2D eigenvalue weighted by atomic mass is 16.5. The first-order valence-corrected chi connectivity index (χ1v) is 11.6. The fourth-order valence-electron chi connectivity index (χ4n) is 4.20. The van der Waals surface area contributed by atoms with Crippen molar-refractivity contribution in [1.82, 2.24) is 24.8 Å². The van der Waals surface area contributed by atoms with E-state index in [1.165, 1.54) is 0 Å². The van der Waals surface area contributed by atoms with E-state index < -0.39 is 0 Å². The predicted molar refractivity (Wildman–Crippen MR) is 133 cm³/mol. The van der Waals surface area contributed by atoms with Crippen molar-refractivity contribution in [3.8, 4) is 11.6 Å². The normalized spacial score (nSPS) is 15.5. The molecule has 1 amide bonds. The second kappa shape index (κ2) is 10.3. The summed E-state index contributed by atoms with van der Waals surface area (Å²) in [5.41, 5.74) is 3.26. The van der Waals surface area contributed by atoms with Gasteiger partial charge in [0, 0.05) is 48.8 Å². The number of ether oxygens (including phenoxy) is 1. The van der Waals surface area contributed by atoms with Crippen LogP contribution in [-0.4, -0.2) is 43.8 Å². The van der Waals surface area contributed by atoms with Crippen molar-refractivity contribution in [3.05, 3.63) is 96.2 Å². The smallest absolute Gasteiger partial charge is 0.253 e. The largest absolute Gasteiger partial charge is 0.437 e. The van der Waals surface area contributed by atoms with Gasteiger partial charge in [-0.05, 0) is 55.7 Å². The monoisotopic (exact) mass is 466 g/mol. The SMILES string of the molecule is Cc1ccccc1Oc1cncc(C2CCCN(C(=O)c3cccc(Nc4ncccn4)c3)C2)n1. The molecule has 1 fully saturated rings. The Morgan fingerprint density at radius 3 is 2.77 bits per heavy atom. The Morgan fingerprint density at radius 1 is 1.06 bits per heavy atom. The van der Waals surface area contributed by atoms with Crippen molar-refractivity contribution < 1.29 is 9.53 Å². The summed E-state index contributed by atoms with van der Waals surface area (Å²) in [5, 5.41) is 3.14. The van der Waals surface area contributed by atoms with Crippen LogP contribution in [0.5, 0.6) is 11.6 Å². The lowest BCUT2D eigenvalue weighted by Crippen LogP contribution is -2.39. The van der Waals surface area contributed by atoms with Crippen LogP contribution in [0.25, 0.3) is 0 Å². The number of benzene rings is 2. The third kappa shape index (κ3) is 5.43. The number of piperidine rings is 1. The van der Waals surface area contributed by atoms with E-state index in [1.807, 2.05) is 60.4 Å². The number of aryl methyl sites for hydroxylation is 1. The zero-order valence-electron chi connectivity index (χ0n) is 19.5. The minimum Gasteiger partial charge on any atom is -0.437 e. The van der Waals surface area contributed by atoms with Crippen LogP contribution in [0, 0.1) is 6.92 Å². The number of carbonyl (C=O) groups excluding carboxylic acids is 1. The number of nitrogens with zero attached hydrogens (tertiary/aromatic N) is 5. The average Bonchev–Trinajstić information content (AvgIpc) is 2.91. The van der Waals surface area contributed by atoms with E-state index in [0.29, 0.717) is 30.5 Å². The standard InChI is InChI=1S/C27H26N6O2/c1-19-7-2-3-11-24(19)35-25-17-28-16-23(32-25)21-9-5-14-33(18-21)26(34)20-8-4-10-22(15-20)31-27-29-12-6-13-30-27/h2-4,6-8,10-13,15-17,21H,5,9,14,18H2,1H3,(H,29,30,31). The van der Waals surface area contributed by atoms with E-state index in [9.17, 15) is 4.79 Å². The molecule has 5 rings (SSSR count). The minimum atomic E-state index is -0.00685. The molecule has 1 unspecified atom stereocenters. The summed E-state index contributed by atoms with van der Waals surface area (Å²) < 4.78 is 5.97. The Kier molecular flexibility index (Phi) is 6.61. The molecule has 2 aromatic heterocycles. The highest BCUT2D eigenvalue weighted by Crippen LogP contribution is 2.29. The predicted octanol–water partition coefficient (Wildman–Crippen LogP) is 5.13. The van der Waals surface area contributed by atoms with Gasteiger partial charge in [-0.25, -0.2) is 15.0 Å². The Labute approximate surface area is 204 Å². The molecular formula is C27H26N6O2. The van der Waals surface area contributed by atoms with Gasteiger partial charge in [-0.1, -0.05) is 24.3 Å². The molecule has 3 heterocycles. The fourth-order valence-corrected chi connectivity index (χ4v) is 4.20. The summed E-state index contributed by atoms with van der Waals surface area (Å²) in [4.78, 5) is 32.7. The number of amides is 1. The molecule has 0 bridgehead atoms. The average molecular weight is 467 g/mol. The Bertz CT molecular complexity index is 1310. The molecular weight excluding hydrogens is 440 g/mol. The third-order valence-electron chi connectivity index (χ3n) is 6.00. The summed E-state index contributed by atoms with van der Waals surface area (Å²) >= 11 is 0. The molecule has 1 saturated heterocycles. The van der Waals surface area contributed by atoms with Crippen molar-refractivity contribution >= 4 is 17.5 Å². The lowest BCUT2D eigenvalue weighted by molar-refractivity contribution is 0.0705. The number of likely N-dealkylation sites (tertiary alicyclic amines) is 1. The molecule has 1 N–H and O–H groups in total.